The van der Waals surface area contributed by atoms with Crippen LogP contribution in [-0.4, -0.2) is 26.2 Å². The molecule has 1 aromatic carbocycles. The summed E-state index contributed by atoms with van der Waals surface area (Å²) >= 11 is 0. The molecule has 21 heavy (non-hydrogen) atoms. The zero-order valence-electron chi connectivity index (χ0n) is 12.5. The fraction of sp³-hybridized carbons (Fsp3) is 0.562. The highest BCUT2D eigenvalue weighted by Crippen LogP contribution is 2.48. The van der Waals surface area contributed by atoms with Crippen LogP contribution in [0.4, 0.5) is 5.69 Å². The number of nitrogens with one attached hydrogen (secondary N) is 1. The minimum absolute atomic E-state index is 0.00347. The number of rotatable bonds is 4. The second kappa shape index (κ2) is 5.56. The second-order valence-corrected chi connectivity index (χ2v) is 6.03. The molecule has 5 heteroatoms. The lowest BCUT2D eigenvalue weighted by molar-refractivity contribution is -0.121. The van der Waals surface area contributed by atoms with Gasteiger partial charge in [-0.1, -0.05) is 0 Å². The second-order valence-electron chi connectivity index (χ2n) is 6.03. The van der Waals surface area contributed by atoms with Gasteiger partial charge in [-0.2, -0.15) is 0 Å². The van der Waals surface area contributed by atoms with Crippen LogP contribution in [0.1, 0.15) is 19.3 Å². The molecule has 0 aromatic heterocycles. The molecule has 2 saturated carbocycles. The average molecular weight is 290 g/mol. The maximum absolute atomic E-state index is 12.5. The van der Waals surface area contributed by atoms with Crippen LogP contribution in [0, 0.1) is 17.8 Å². The molecular formula is C16H22N2O3. The van der Waals surface area contributed by atoms with Gasteiger partial charge in [-0.05, 0) is 31.1 Å². The lowest BCUT2D eigenvalue weighted by atomic mass is 9.84. The predicted molar refractivity (Wildman–Crippen MR) is 80.5 cm³/mol. The number of carbonyl (C=O) groups is 1. The maximum Gasteiger partial charge on any atom is 0.229 e. The Hall–Kier alpha value is -1.75. The third-order valence-electron chi connectivity index (χ3n) is 4.90. The standard InChI is InChI=1S/C16H22N2O3/c1-20-12-6-11(7-13(8-12)21-2)18-16(19)14-9-3-4-10(5-9)15(14)17/h6-10,14-15H,3-5,17H2,1-2H3,(H,18,19). The van der Waals surface area contributed by atoms with E-state index in [1.54, 1.807) is 32.4 Å². The molecule has 114 valence electrons. The summed E-state index contributed by atoms with van der Waals surface area (Å²) in [7, 11) is 3.18. The molecule has 0 saturated heterocycles. The molecule has 5 nitrogen and oxygen atoms in total. The number of methoxy groups -OCH3 is 2. The van der Waals surface area contributed by atoms with Crippen LogP contribution in [0.5, 0.6) is 11.5 Å². The fourth-order valence-corrected chi connectivity index (χ4v) is 3.83. The number of anilines is 1. The third kappa shape index (κ3) is 2.58. The summed E-state index contributed by atoms with van der Waals surface area (Å²) in [5.41, 5.74) is 6.91. The quantitative estimate of drug-likeness (QED) is 0.889. The number of hydrogen-bond donors (Lipinski definition) is 2. The summed E-state index contributed by atoms with van der Waals surface area (Å²) in [6, 6.07) is 5.35. The Kier molecular flexibility index (Phi) is 3.76. The summed E-state index contributed by atoms with van der Waals surface area (Å²) in [5, 5.41) is 2.97. The minimum atomic E-state index is -0.0686. The number of hydrogen-bond acceptors (Lipinski definition) is 4. The summed E-state index contributed by atoms with van der Waals surface area (Å²) in [5.74, 6) is 2.22. The molecule has 4 unspecified atom stereocenters. The van der Waals surface area contributed by atoms with Crippen molar-refractivity contribution in [3.05, 3.63) is 18.2 Å². The Bertz CT molecular complexity index is 522. The summed E-state index contributed by atoms with van der Waals surface area (Å²) in [4.78, 5) is 12.5. The zero-order valence-corrected chi connectivity index (χ0v) is 12.5. The molecule has 2 fully saturated rings. The first-order chi connectivity index (χ1) is 10.1. The van der Waals surface area contributed by atoms with E-state index in [0.29, 0.717) is 29.0 Å². The number of fused-ring (bicyclic) bond motifs is 2. The SMILES string of the molecule is COc1cc(NC(=O)C2C3CCC(C3)C2N)cc(OC)c1. The molecule has 1 amide bonds. The average Bonchev–Trinajstić information content (AvgIpc) is 3.07. The van der Waals surface area contributed by atoms with Gasteiger partial charge in [0.1, 0.15) is 11.5 Å². The molecule has 0 radical (unpaired) electrons. The van der Waals surface area contributed by atoms with Gasteiger partial charge in [0, 0.05) is 29.9 Å². The van der Waals surface area contributed by atoms with Crippen molar-refractivity contribution in [3.8, 4) is 11.5 Å². The predicted octanol–water partition coefficient (Wildman–Crippen LogP) is 2.02. The van der Waals surface area contributed by atoms with E-state index in [0.717, 1.165) is 12.8 Å². The molecule has 2 aliphatic carbocycles. The molecule has 0 aliphatic heterocycles. The molecule has 2 aliphatic rings. The van der Waals surface area contributed by atoms with Gasteiger partial charge in [-0.25, -0.2) is 0 Å². The normalized spacial score (nSPS) is 30.2. The van der Waals surface area contributed by atoms with Gasteiger partial charge >= 0.3 is 0 Å². The number of nitrogens with two attached hydrogens (primary N) is 1. The summed E-state index contributed by atoms with van der Waals surface area (Å²) in [6.07, 6.45) is 3.39. The largest absolute Gasteiger partial charge is 0.497 e. The highest BCUT2D eigenvalue weighted by molar-refractivity contribution is 5.94. The number of amides is 1. The van der Waals surface area contributed by atoms with Crippen molar-refractivity contribution in [2.24, 2.45) is 23.5 Å². The molecular weight excluding hydrogens is 268 g/mol. The number of ether oxygens (including phenoxy) is 2. The van der Waals surface area contributed by atoms with Crippen LogP contribution in [0.2, 0.25) is 0 Å². The van der Waals surface area contributed by atoms with Gasteiger partial charge in [0.15, 0.2) is 0 Å². The van der Waals surface area contributed by atoms with Crippen molar-refractivity contribution >= 4 is 11.6 Å². The van der Waals surface area contributed by atoms with E-state index in [2.05, 4.69) is 5.32 Å². The number of carbonyl (C=O) groups excluding carboxylic acids is 1. The van der Waals surface area contributed by atoms with Gasteiger partial charge in [0.25, 0.3) is 0 Å². The van der Waals surface area contributed by atoms with Gasteiger partial charge in [-0.15, -0.1) is 0 Å². The van der Waals surface area contributed by atoms with Crippen molar-refractivity contribution in [2.75, 3.05) is 19.5 Å². The van der Waals surface area contributed by atoms with Crippen molar-refractivity contribution < 1.29 is 14.3 Å². The molecule has 2 bridgehead atoms. The van der Waals surface area contributed by atoms with Crippen LogP contribution in [0.25, 0.3) is 0 Å². The number of benzene rings is 1. The van der Waals surface area contributed by atoms with Crippen LogP contribution in [0.3, 0.4) is 0 Å². The fourth-order valence-electron chi connectivity index (χ4n) is 3.83. The Morgan fingerprint density at radius 3 is 2.29 bits per heavy atom. The molecule has 0 heterocycles. The Morgan fingerprint density at radius 1 is 1.14 bits per heavy atom. The summed E-state index contributed by atoms with van der Waals surface area (Å²) < 4.78 is 10.4. The first kappa shape index (κ1) is 14.2. The van der Waals surface area contributed by atoms with Crippen molar-refractivity contribution in [3.63, 3.8) is 0 Å². The van der Waals surface area contributed by atoms with E-state index in [1.807, 2.05) is 0 Å². The highest BCUT2D eigenvalue weighted by Gasteiger charge is 2.49. The Labute approximate surface area is 124 Å². The van der Waals surface area contributed by atoms with E-state index in [9.17, 15) is 4.79 Å². The monoisotopic (exact) mass is 290 g/mol. The third-order valence-corrected chi connectivity index (χ3v) is 4.90. The minimum Gasteiger partial charge on any atom is -0.497 e. The van der Waals surface area contributed by atoms with Gasteiger partial charge in [-0.3, -0.25) is 4.79 Å². The lowest BCUT2D eigenvalue weighted by Crippen LogP contribution is -2.42. The molecule has 3 N–H and O–H groups in total. The van der Waals surface area contributed by atoms with Crippen LogP contribution in [0.15, 0.2) is 18.2 Å². The van der Waals surface area contributed by atoms with Crippen molar-refractivity contribution in [1.29, 1.82) is 0 Å². The van der Waals surface area contributed by atoms with Crippen LogP contribution in [-0.2, 0) is 4.79 Å². The molecule has 4 atom stereocenters. The van der Waals surface area contributed by atoms with E-state index in [4.69, 9.17) is 15.2 Å². The molecule has 3 rings (SSSR count). The Balaban J connectivity index is 1.75. The topological polar surface area (TPSA) is 73.6 Å². The van der Waals surface area contributed by atoms with Crippen molar-refractivity contribution in [1.82, 2.24) is 0 Å². The van der Waals surface area contributed by atoms with Crippen molar-refractivity contribution in [2.45, 2.75) is 25.3 Å². The first-order valence-corrected chi connectivity index (χ1v) is 7.42. The molecule has 1 aromatic rings. The van der Waals surface area contributed by atoms with Gasteiger partial charge in [0.05, 0.1) is 20.1 Å². The van der Waals surface area contributed by atoms with Crippen LogP contribution < -0.4 is 20.5 Å². The van der Waals surface area contributed by atoms with E-state index < -0.39 is 0 Å². The first-order valence-electron chi connectivity index (χ1n) is 7.42. The summed E-state index contributed by atoms with van der Waals surface area (Å²) in [6.45, 7) is 0. The van der Waals surface area contributed by atoms with E-state index >= 15 is 0 Å². The maximum atomic E-state index is 12.5. The van der Waals surface area contributed by atoms with Crippen LogP contribution >= 0.6 is 0 Å². The highest BCUT2D eigenvalue weighted by atomic mass is 16.5. The Morgan fingerprint density at radius 2 is 1.76 bits per heavy atom. The lowest BCUT2D eigenvalue weighted by Gasteiger charge is -2.27. The van der Waals surface area contributed by atoms with E-state index in [-0.39, 0.29) is 17.9 Å². The smallest absolute Gasteiger partial charge is 0.229 e. The van der Waals surface area contributed by atoms with Gasteiger partial charge < -0.3 is 20.5 Å². The van der Waals surface area contributed by atoms with Gasteiger partial charge in [0.2, 0.25) is 5.91 Å². The van der Waals surface area contributed by atoms with E-state index in [1.165, 1.54) is 6.42 Å². The molecule has 0 spiro atoms. The zero-order chi connectivity index (χ0) is 15.0.